The number of fused-ring (bicyclic) bond motifs is 1. The number of benzene rings is 1. The molecule has 28 heavy (non-hydrogen) atoms. The molecular formula is C20H26N2O6. The highest BCUT2D eigenvalue weighted by atomic mass is 16.5. The van der Waals surface area contributed by atoms with Crippen molar-refractivity contribution in [2.24, 2.45) is 5.92 Å². The van der Waals surface area contributed by atoms with Crippen LogP contribution >= 0.6 is 0 Å². The SMILES string of the molecule is O=C(O)N1CCC(COc2noc3cccc(O[C@H]4CCCC[C@H]4O)c23)CC1. The first-order chi connectivity index (χ1) is 13.6. The van der Waals surface area contributed by atoms with Crippen molar-refractivity contribution in [1.82, 2.24) is 10.1 Å². The normalized spacial score (nSPS) is 23.7. The Kier molecular flexibility index (Phi) is 5.57. The molecule has 0 spiro atoms. The molecule has 1 aliphatic heterocycles. The van der Waals surface area contributed by atoms with E-state index in [0.717, 1.165) is 38.5 Å². The summed E-state index contributed by atoms with van der Waals surface area (Å²) in [6.45, 7) is 1.50. The van der Waals surface area contributed by atoms with E-state index in [1.54, 1.807) is 0 Å². The second-order valence-electron chi connectivity index (χ2n) is 7.65. The quantitative estimate of drug-likeness (QED) is 0.807. The molecule has 2 atom stereocenters. The van der Waals surface area contributed by atoms with E-state index in [0.29, 0.717) is 42.3 Å². The number of aliphatic hydroxyl groups excluding tert-OH is 1. The lowest BCUT2D eigenvalue weighted by molar-refractivity contribution is 0.00760. The molecule has 2 aromatic rings. The van der Waals surface area contributed by atoms with Crippen molar-refractivity contribution >= 4 is 17.1 Å². The van der Waals surface area contributed by atoms with Crippen molar-refractivity contribution in [3.63, 3.8) is 0 Å². The second kappa shape index (κ2) is 8.26. The topological polar surface area (TPSA) is 105 Å². The number of aliphatic hydroxyl groups is 1. The number of carbonyl (C=O) groups is 1. The molecule has 0 unspecified atom stereocenters. The molecule has 1 saturated carbocycles. The largest absolute Gasteiger partial charge is 0.487 e. The maximum Gasteiger partial charge on any atom is 0.407 e. The number of carboxylic acid groups (broad SMARTS) is 1. The molecule has 152 valence electrons. The summed E-state index contributed by atoms with van der Waals surface area (Å²) < 4.78 is 17.4. The molecule has 1 aliphatic carbocycles. The van der Waals surface area contributed by atoms with Crippen LogP contribution in [0.3, 0.4) is 0 Å². The Hall–Kier alpha value is -2.48. The van der Waals surface area contributed by atoms with Crippen molar-refractivity contribution in [1.29, 1.82) is 0 Å². The van der Waals surface area contributed by atoms with Gasteiger partial charge in [-0.25, -0.2) is 4.79 Å². The maximum absolute atomic E-state index is 11.0. The zero-order chi connectivity index (χ0) is 19.5. The Morgan fingerprint density at radius 3 is 2.75 bits per heavy atom. The van der Waals surface area contributed by atoms with Gasteiger partial charge in [0.2, 0.25) is 0 Å². The molecule has 8 nitrogen and oxygen atoms in total. The summed E-state index contributed by atoms with van der Waals surface area (Å²) in [6, 6.07) is 5.49. The number of aromatic nitrogens is 1. The van der Waals surface area contributed by atoms with Gasteiger partial charge >= 0.3 is 6.09 Å². The fourth-order valence-corrected chi connectivity index (χ4v) is 4.00. The predicted molar refractivity (Wildman–Crippen MR) is 101 cm³/mol. The van der Waals surface area contributed by atoms with E-state index >= 15 is 0 Å². The van der Waals surface area contributed by atoms with Crippen molar-refractivity contribution in [2.45, 2.75) is 50.7 Å². The first-order valence-corrected chi connectivity index (χ1v) is 9.95. The Morgan fingerprint density at radius 2 is 2.00 bits per heavy atom. The summed E-state index contributed by atoms with van der Waals surface area (Å²) in [5, 5.41) is 24.0. The molecule has 4 rings (SSSR count). The van der Waals surface area contributed by atoms with Crippen LogP contribution in [-0.4, -0.2) is 58.3 Å². The summed E-state index contributed by atoms with van der Waals surface area (Å²) in [7, 11) is 0. The monoisotopic (exact) mass is 390 g/mol. The number of amides is 1. The summed E-state index contributed by atoms with van der Waals surface area (Å²) >= 11 is 0. The predicted octanol–water partition coefficient (Wildman–Crippen LogP) is 3.28. The highest BCUT2D eigenvalue weighted by Crippen LogP contribution is 2.36. The molecule has 1 saturated heterocycles. The number of likely N-dealkylation sites (tertiary alicyclic amines) is 1. The van der Waals surface area contributed by atoms with Gasteiger partial charge in [0.15, 0.2) is 5.58 Å². The van der Waals surface area contributed by atoms with Crippen molar-refractivity contribution < 1.29 is 29.0 Å². The Balaban J connectivity index is 1.44. The zero-order valence-electron chi connectivity index (χ0n) is 15.7. The van der Waals surface area contributed by atoms with Gasteiger partial charge in [0.05, 0.1) is 12.7 Å². The van der Waals surface area contributed by atoms with Crippen LogP contribution in [0.4, 0.5) is 4.79 Å². The summed E-state index contributed by atoms with van der Waals surface area (Å²) in [4.78, 5) is 12.5. The van der Waals surface area contributed by atoms with Gasteiger partial charge in [-0.15, -0.1) is 0 Å². The lowest BCUT2D eigenvalue weighted by Crippen LogP contribution is -2.38. The van der Waals surface area contributed by atoms with Gasteiger partial charge in [-0.05, 0) is 55.3 Å². The van der Waals surface area contributed by atoms with Gasteiger partial charge in [0.1, 0.15) is 17.2 Å². The third-order valence-electron chi connectivity index (χ3n) is 5.72. The van der Waals surface area contributed by atoms with Gasteiger partial charge in [-0.2, -0.15) is 0 Å². The van der Waals surface area contributed by atoms with Crippen LogP contribution < -0.4 is 9.47 Å². The van der Waals surface area contributed by atoms with Gasteiger partial charge in [-0.3, -0.25) is 0 Å². The fourth-order valence-electron chi connectivity index (χ4n) is 4.00. The molecular weight excluding hydrogens is 364 g/mol. The van der Waals surface area contributed by atoms with Gasteiger partial charge < -0.3 is 29.1 Å². The number of rotatable bonds is 5. The van der Waals surface area contributed by atoms with E-state index in [2.05, 4.69) is 5.16 Å². The molecule has 1 aromatic carbocycles. The molecule has 2 fully saturated rings. The molecule has 1 aromatic heterocycles. The van der Waals surface area contributed by atoms with Gasteiger partial charge in [0.25, 0.3) is 5.88 Å². The highest BCUT2D eigenvalue weighted by molar-refractivity contribution is 5.88. The van der Waals surface area contributed by atoms with E-state index in [-0.39, 0.29) is 12.0 Å². The van der Waals surface area contributed by atoms with Crippen LogP contribution in [0.25, 0.3) is 11.0 Å². The first kappa shape index (κ1) is 18.9. The number of hydrogen-bond acceptors (Lipinski definition) is 6. The summed E-state index contributed by atoms with van der Waals surface area (Å²) in [6.07, 6.45) is 3.60. The molecule has 2 aliphatic rings. The van der Waals surface area contributed by atoms with E-state index in [1.807, 2.05) is 18.2 Å². The summed E-state index contributed by atoms with van der Waals surface area (Å²) in [5.74, 6) is 1.27. The van der Waals surface area contributed by atoms with Crippen LogP contribution in [-0.2, 0) is 0 Å². The third kappa shape index (κ3) is 4.01. The van der Waals surface area contributed by atoms with Gasteiger partial charge in [-0.1, -0.05) is 12.5 Å². The van der Waals surface area contributed by atoms with E-state index in [4.69, 9.17) is 19.1 Å². The molecule has 8 heteroatoms. The number of hydrogen-bond donors (Lipinski definition) is 2. The molecule has 0 bridgehead atoms. The standard InChI is InChI=1S/C20H26N2O6/c23-14-4-1-2-5-15(14)27-16-6-3-7-17-18(16)19(21-28-17)26-12-13-8-10-22(11-9-13)20(24)25/h3,6-7,13-15,23H,1-2,4-5,8-12H2,(H,24,25)/t14-,15+/m1/s1. The number of nitrogens with zero attached hydrogens (tertiary/aromatic N) is 2. The highest BCUT2D eigenvalue weighted by Gasteiger charge is 2.27. The number of piperidine rings is 1. The third-order valence-corrected chi connectivity index (χ3v) is 5.72. The lowest BCUT2D eigenvalue weighted by atomic mass is 9.95. The van der Waals surface area contributed by atoms with Gasteiger partial charge in [0, 0.05) is 13.1 Å². The number of ether oxygens (including phenoxy) is 2. The first-order valence-electron chi connectivity index (χ1n) is 9.95. The Morgan fingerprint density at radius 1 is 1.21 bits per heavy atom. The van der Waals surface area contributed by atoms with E-state index < -0.39 is 12.2 Å². The smallest absolute Gasteiger partial charge is 0.407 e. The fraction of sp³-hybridized carbons (Fsp3) is 0.600. The Labute approximate surface area is 163 Å². The molecule has 2 heterocycles. The van der Waals surface area contributed by atoms with E-state index in [9.17, 15) is 9.90 Å². The van der Waals surface area contributed by atoms with Crippen LogP contribution in [0.5, 0.6) is 11.6 Å². The molecule has 0 radical (unpaired) electrons. The minimum absolute atomic E-state index is 0.234. The van der Waals surface area contributed by atoms with Crippen LogP contribution in [0, 0.1) is 5.92 Å². The van der Waals surface area contributed by atoms with Crippen LogP contribution in [0.2, 0.25) is 0 Å². The Bertz CT molecular complexity index is 814. The lowest BCUT2D eigenvalue weighted by Gasteiger charge is -2.29. The van der Waals surface area contributed by atoms with Crippen LogP contribution in [0.1, 0.15) is 38.5 Å². The average Bonchev–Trinajstić information content (AvgIpc) is 3.12. The maximum atomic E-state index is 11.0. The minimum Gasteiger partial charge on any atom is -0.487 e. The zero-order valence-corrected chi connectivity index (χ0v) is 15.7. The van der Waals surface area contributed by atoms with E-state index in [1.165, 1.54) is 4.90 Å². The van der Waals surface area contributed by atoms with Crippen molar-refractivity contribution in [3.8, 4) is 11.6 Å². The second-order valence-corrected chi connectivity index (χ2v) is 7.65. The van der Waals surface area contributed by atoms with Crippen molar-refractivity contribution in [3.05, 3.63) is 18.2 Å². The average molecular weight is 390 g/mol. The minimum atomic E-state index is -0.867. The molecule has 1 amide bonds. The molecule has 2 N–H and O–H groups in total. The summed E-state index contributed by atoms with van der Waals surface area (Å²) in [5.41, 5.74) is 0.582. The van der Waals surface area contributed by atoms with Crippen LogP contribution in [0.15, 0.2) is 22.7 Å². The van der Waals surface area contributed by atoms with Crippen molar-refractivity contribution in [2.75, 3.05) is 19.7 Å².